The first-order valence-corrected chi connectivity index (χ1v) is 11.6. The number of amides is 2. The third-order valence-corrected chi connectivity index (χ3v) is 6.90. The molecule has 1 saturated heterocycles. The van der Waals surface area contributed by atoms with Gasteiger partial charge in [-0.2, -0.15) is 8.42 Å². The SMILES string of the molecule is COC(=O)[C@H](C)NC(=O)N1CCCN(C2=NS(=O)(=O)C(c3ccc(C)cc3)=C2C)CC1. The van der Waals surface area contributed by atoms with Crippen LogP contribution >= 0.6 is 0 Å². The average Bonchev–Trinajstić information content (AvgIpc) is 2.89. The van der Waals surface area contributed by atoms with Crippen molar-refractivity contribution < 1.29 is 22.7 Å². The van der Waals surface area contributed by atoms with Gasteiger partial charge in [0.25, 0.3) is 10.0 Å². The fourth-order valence-electron chi connectivity index (χ4n) is 3.73. The third-order valence-electron chi connectivity index (χ3n) is 5.43. The van der Waals surface area contributed by atoms with E-state index in [9.17, 15) is 18.0 Å². The van der Waals surface area contributed by atoms with Gasteiger partial charge in [-0.15, -0.1) is 4.40 Å². The van der Waals surface area contributed by atoms with Crippen LogP contribution in [-0.4, -0.2) is 75.4 Å². The average molecular weight is 449 g/mol. The van der Waals surface area contributed by atoms with Crippen molar-refractivity contribution in [3.63, 3.8) is 0 Å². The van der Waals surface area contributed by atoms with E-state index in [0.717, 1.165) is 5.56 Å². The van der Waals surface area contributed by atoms with Crippen LogP contribution < -0.4 is 5.32 Å². The van der Waals surface area contributed by atoms with Gasteiger partial charge in [-0.1, -0.05) is 29.8 Å². The van der Waals surface area contributed by atoms with Crippen molar-refractivity contribution in [3.05, 3.63) is 41.0 Å². The summed E-state index contributed by atoms with van der Waals surface area (Å²) in [6, 6.07) is 6.24. The summed E-state index contributed by atoms with van der Waals surface area (Å²) in [7, 11) is -2.52. The highest BCUT2D eigenvalue weighted by Gasteiger charge is 2.34. The normalized spacial score (nSPS) is 19.5. The minimum Gasteiger partial charge on any atom is -0.467 e. The van der Waals surface area contributed by atoms with Crippen molar-refractivity contribution in [2.45, 2.75) is 33.2 Å². The van der Waals surface area contributed by atoms with E-state index < -0.39 is 22.0 Å². The Labute approximate surface area is 182 Å². The van der Waals surface area contributed by atoms with Crippen molar-refractivity contribution in [2.24, 2.45) is 4.40 Å². The second kappa shape index (κ2) is 9.09. The van der Waals surface area contributed by atoms with Gasteiger partial charge in [0.2, 0.25) is 0 Å². The number of methoxy groups -OCH3 is 1. The number of urea groups is 1. The maximum absolute atomic E-state index is 12.8. The Morgan fingerprint density at radius 3 is 2.42 bits per heavy atom. The molecule has 0 aliphatic carbocycles. The van der Waals surface area contributed by atoms with Crippen LogP contribution in [0.15, 0.2) is 34.2 Å². The van der Waals surface area contributed by atoms with Gasteiger partial charge in [-0.3, -0.25) is 0 Å². The van der Waals surface area contributed by atoms with Crippen LogP contribution in [0.3, 0.4) is 0 Å². The van der Waals surface area contributed by atoms with Crippen molar-refractivity contribution in [1.82, 2.24) is 15.1 Å². The number of benzene rings is 1. The Hall–Kier alpha value is -2.88. The largest absolute Gasteiger partial charge is 0.467 e. The van der Waals surface area contributed by atoms with Crippen molar-refractivity contribution in [1.29, 1.82) is 0 Å². The van der Waals surface area contributed by atoms with Crippen LogP contribution in [0.5, 0.6) is 0 Å². The quantitative estimate of drug-likeness (QED) is 0.706. The summed E-state index contributed by atoms with van der Waals surface area (Å²) in [5.41, 5.74) is 2.28. The molecule has 0 bridgehead atoms. The molecule has 10 heteroatoms. The van der Waals surface area contributed by atoms with Crippen LogP contribution in [0.1, 0.15) is 31.4 Å². The highest BCUT2D eigenvalue weighted by molar-refractivity contribution is 8.00. The Bertz CT molecular complexity index is 1030. The van der Waals surface area contributed by atoms with Crippen LogP contribution in [0.4, 0.5) is 4.79 Å². The van der Waals surface area contributed by atoms with Crippen LogP contribution in [-0.2, 0) is 19.6 Å². The summed E-state index contributed by atoms with van der Waals surface area (Å²) >= 11 is 0. The Morgan fingerprint density at radius 2 is 1.77 bits per heavy atom. The number of carbonyl (C=O) groups excluding carboxylic acids is 2. The number of nitrogens with zero attached hydrogens (tertiary/aromatic N) is 3. The number of rotatable bonds is 3. The monoisotopic (exact) mass is 448 g/mol. The molecular weight excluding hydrogens is 420 g/mol. The first-order chi connectivity index (χ1) is 14.6. The topological polar surface area (TPSA) is 108 Å². The molecule has 1 aromatic rings. The number of sulfonamides is 1. The number of hydrogen-bond acceptors (Lipinski definition) is 6. The predicted octanol–water partition coefficient (Wildman–Crippen LogP) is 1.75. The molecule has 2 amide bonds. The number of aryl methyl sites for hydroxylation is 1. The molecule has 0 radical (unpaired) electrons. The maximum Gasteiger partial charge on any atom is 0.328 e. The molecule has 0 unspecified atom stereocenters. The molecule has 2 aliphatic rings. The summed E-state index contributed by atoms with van der Waals surface area (Å²) in [6.45, 7) is 7.16. The maximum atomic E-state index is 12.8. The standard InChI is InChI=1S/C21H28N4O5S/c1-14-6-8-17(9-7-14)18-15(2)19(23-31(18,28)29)24-10-5-11-25(13-12-24)21(27)22-16(3)20(26)30-4/h6-9,16H,5,10-13H2,1-4H3,(H,22,27)/t16-/m0/s1. The van der Waals surface area contributed by atoms with E-state index in [4.69, 9.17) is 0 Å². The molecule has 1 N–H and O–H groups in total. The van der Waals surface area contributed by atoms with E-state index in [1.807, 2.05) is 24.0 Å². The first kappa shape index (κ1) is 22.8. The summed E-state index contributed by atoms with van der Waals surface area (Å²) < 4.78 is 34.3. The third kappa shape index (κ3) is 4.90. The summed E-state index contributed by atoms with van der Waals surface area (Å²) in [6.07, 6.45) is 0.645. The number of ether oxygens (including phenoxy) is 1. The fourth-order valence-corrected chi connectivity index (χ4v) is 5.22. The number of esters is 1. The van der Waals surface area contributed by atoms with Gasteiger partial charge in [-0.05, 0) is 32.8 Å². The van der Waals surface area contributed by atoms with Gasteiger partial charge in [-0.25, -0.2) is 9.59 Å². The van der Waals surface area contributed by atoms with E-state index in [2.05, 4.69) is 14.5 Å². The van der Waals surface area contributed by atoms with E-state index in [1.54, 1.807) is 30.9 Å². The second-order valence-corrected chi connectivity index (χ2v) is 9.27. The van der Waals surface area contributed by atoms with E-state index in [0.29, 0.717) is 49.6 Å². The van der Waals surface area contributed by atoms with Gasteiger partial charge in [0.15, 0.2) is 0 Å². The van der Waals surface area contributed by atoms with Crippen molar-refractivity contribution in [2.75, 3.05) is 33.3 Å². The number of nitrogens with one attached hydrogen (secondary N) is 1. The number of amidine groups is 1. The minimum absolute atomic E-state index is 0.230. The lowest BCUT2D eigenvalue weighted by Gasteiger charge is -2.24. The number of hydrogen-bond donors (Lipinski definition) is 1. The molecule has 0 aromatic heterocycles. The molecule has 9 nitrogen and oxygen atoms in total. The first-order valence-electron chi connectivity index (χ1n) is 10.2. The Balaban J connectivity index is 1.75. The molecule has 1 aromatic carbocycles. The molecule has 31 heavy (non-hydrogen) atoms. The van der Waals surface area contributed by atoms with Gasteiger partial charge >= 0.3 is 12.0 Å². The highest BCUT2D eigenvalue weighted by Crippen LogP contribution is 2.33. The molecule has 0 spiro atoms. The Kier molecular flexibility index (Phi) is 6.68. The molecule has 0 saturated carbocycles. The Morgan fingerprint density at radius 1 is 1.10 bits per heavy atom. The van der Waals surface area contributed by atoms with E-state index in [1.165, 1.54) is 7.11 Å². The van der Waals surface area contributed by atoms with Crippen LogP contribution in [0, 0.1) is 6.92 Å². The lowest BCUT2D eigenvalue weighted by molar-refractivity contribution is -0.142. The lowest BCUT2D eigenvalue weighted by atomic mass is 10.1. The molecule has 1 atom stereocenters. The summed E-state index contributed by atoms with van der Waals surface area (Å²) in [5.74, 6) is -0.0829. The minimum atomic E-state index is -3.79. The molecule has 1 fully saturated rings. The predicted molar refractivity (Wildman–Crippen MR) is 118 cm³/mol. The molecule has 2 heterocycles. The van der Waals surface area contributed by atoms with Crippen LogP contribution in [0.2, 0.25) is 0 Å². The zero-order valence-corrected chi connectivity index (χ0v) is 19.0. The van der Waals surface area contributed by atoms with Gasteiger partial charge in [0, 0.05) is 31.8 Å². The van der Waals surface area contributed by atoms with Crippen molar-refractivity contribution >= 4 is 32.8 Å². The van der Waals surface area contributed by atoms with Gasteiger partial charge in [0.1, 0.15) is 16.8 Å². The molecular formula is C21H28N4O5S. The molecule has 3 rings (SSSR count). The fraction of sp³-hybridized carbons (Fsp3) is 0.476. The zero-order valence-electron chi connectivity index (χ0n) is 18.2. The van der Waals surface area contributed by atoms with E-state index in [-0.39, 0.29) is 10.9 Å². The number of carbonyl (C=O) groups is 2. The second-order valence-electron chi connectivity index (χ2n) is 7.73. The summed E-state index contributed by atoms with van der Waals surface area (Å²) in [5, 5.41) is 2.63. The molecule has 2 aliphatic heterocycles. The highest BCUT2D eigenvalue weighted by atomic mass is 32.2. The van der Waals surface area contributed by atoms with Gasteiger partial charge in [0.05, 0.1) is 7.11 Å². The lowest BCUT2D eigenvalue weighted by Crippen LogP contribution is -2.48. The molecule has 168 valence electrons. The van der Waals surface area contributed by atoms with E-state index >= 15 is 0 Å². The zero-order chi connectivity index (χ0) is 22.8. The van der Waals surface area contributed by atoms with Crippen LogP contribution in [0.25, 0.3) is 4.91 Å². The summed E-state index contributed by atoms with van der Waals surface area (Å²) in [4.78, 5) is 27.8. The van der Waals surface area contributed by atoms with Crippen molar-refractivity contribution in [3.8, 4) is 0 Å². The van der Waals surface area contributed by atoms with Gasteiger partial charge < -0.3 is 19.9 Å². The smallest absolute Gasteiger partial charge is 0.328 e.